The number of piperidine rings is 1. The van der Waals surface area contributed by atoms with Crippen molar-refractivity contribution < 1.29 is 9.53 Å². The number of pyridine rings is 1. The molecular weight excluding hydrogens is 260 g/mol. The molecule has 2 aliphatic heterocycles. The minimum absolute atomic E-state index is 0.0471. The molecule has 5 heteroatoms. The van der Waals surface area contributed by atoms with E-state index in [1.54, 1.807) is 12.3 Å². The number of likely N-dealkylation sites (tertiary alicyclic amines) is 1. The van der Waals surface area contributed by atoms with Crippen LogP contribution in [0.3, 0.4) is 0 Å². The first-order chi connectivity index (χ1) is 9.25. The Morgan fingerprint density at radius 3 is 3.21 bits per heavy atom. The summed E-state index contributed by atoms with van der Waals surface area (Å²) in [7, 11) is 0. The summed E-state index contributed by atoms with van der Waals surface area (Å²) >= 11 is 5.18. The Kier molecular flexibility index (Phi) is 3.66. The number of hydrogen-bond donors (Lipinski definition) is 1. The molecule has 0 bridgehead atoms. The number of rotatable bonds is 1. The Bertz CT molecular complexity index is 528. The van der Waals surface area contributed by atoms with Crippen molar-refractivity contribution >= 4 is 18.1 Å². The van der Waals surface area contributed by atoms with E-state index in [0.29, 0.717) is 22.2 Å². The molecule has 1 amide bonds. The fourth-order valence-electron chi connectivity index (χ4n) is 3.03. The molecule has 0 aromatic carbocycles. The summed E-state index contributed by atoms with van der Waals surface area (Å²) in [6, 6.07) is 3.62. The topological polar surface area (TPSA) is 45.3 Å². The van der Waals surface area contributed by atoms with Gasteiger partial charge in [0.25, 0.3) is 5.91 Å². The Balaban J connectivity index is 1.75. The number of aromatic nitrogens is 1. The average Bonchev–Trinajstić information content (AvgIpc) is 2.46. The zero-order valence-electron chi connectivity index (χ0n) is 10.8. The number of H-pyrrole nitrogens is 1. The van der Waals surface area contributed by atoms with Crippen LogP contribution in [0.2, 0.25) is 0 Å². The number of carbonyl (C=O) groups is 1. The molecule has 0 unspecified atom stereocenters. The van der Waals surface area contributed by atoms with Crippen molar-refractivity contribution in [3.63, 3.8) is 0 Å². The molecule has 2 atom stereocenters. The second kappa shape index (κ2) is 5.43. The van der Waals surface area contributed by atoms with Crippen LogP contribution in [-0.2, 0) is 4.74 Å². The van der Waals surface area contributed by atoms with Crippen molar-refractivity contribution in [2.24, 2.45) is 5.92 Å². The van der Waals surface area contributed by atoms with Crippen molar-refractivity contribution in [2.75, 3.05) is 19.7 Å². The Hall–Kier alpha value is -1.20. The number of carbonyl (C=O) groups excluding carboxylic acids is 1. The molecule has 2 saturated heterocycles. The first kappa shape index (κ1) is 12.8. The number of amides is 1. The van der Waals surface area contributed by atoms with Gasteiger partial charge >= 0.3 is 0 Å². The van der Waals surface area contributed by atoms with E-state index >= 15 is 0 Å². The molecule has 19 heavy (non-hydrogen) atoms. The van der Waals surface area contributed by atoms with E-state index in [2.05, 4.69) is 4.98 Å². The van der Waals surface area contributed by atoms with E-state index in [4.69, 9.17) is 17.0 Å². The number of aromatic amines is 1. The highest BCUT2D eigenvalue weighted by Crippen LogP contribution is 2.28. The summed E-state index contributed by atoms with van der Waals surface area (Å²) in [5, 5.41) is 0. The van der Waals surface area contributed by atoms with Gasteiger partial charge in [0.05, 0.1) is 11.7 Å². The Morgan fingerprint density at radius 1 is 1.47 bits per heavy atom. The van der Waals surface area contributed by atoms with E-state index in [1.807, 2.05) is 11.0 Å². The summed E-state index contributed by atoms with van der Waals surface area (Å²) in [6.45, 7) is 2.44. The lowest BCUT2D eigenvalue weighted by Crippen LogP contribution is -2.48. The zero-order chi connectivity index (χ0) is 13.2. The van der Waals surface area contributed by atoms with E-state index < -0.39 is 0 Å². The van der Waals surface area contributed by atoms with Gasteiger partial charge in [-0.2, -0.15) is 0 Å². The smallest absolute Gasteiger partial charge is 0.256 e. The highest BCUT2D eigenvalue weighted by Gasteiger charge is 2.34. The fraction of sp³-hybridized carbons (Fsp3) is 0.571. The molecule has 1 aromatic rings. The number of hydrogen-bond acceptors (Lipinski definition) is 3. The maximum absolute atomic E-state index is 12.5. The molecule has 2 aliphatic rings. The van der Waals surface area contributed by atoms with Gasteiger partial charge in [-0.15, -0.1) is 0 Å². The lowest BCUT2D eigenvalue weighted by molar-refractivity contribution is -0.0607. The molecule has 2 fully saturated rings. The molecule has 0 spiro atoms. The van der Waals surface area contributed by atoms with E-state index in [0.717, 1.165) is 39.0 Å². The standard InChI is InChI=1S/C14H18N2O2S/c17-14(11-4-1-6-15-13(11)19)16-7-5-12-10(9-16)3-2-8-18-12/h1,4,6,10,12H,2-3,5,7-9H2,(H,15,19)/t10-,12+/m0/s1. The van der Waals surface area contributed by atoms with Gasteiger partial charge in [0.1, 0.15) is 4.64 Å². The number of nitrogens with one attached hydrogen (secondary N) is 1. The largest absolute Gasteiger partial charge is 0.378 e. The maximum Gasteiger partial charge on any atom is 0.256 e. The van der Waals surface area contributed by atoms with Crippen LogP contribution in [0.15, 0.2) is 18.3 Å². The second-order valence-electron chi connectivity index (χ2n) is 5.26. The number of nitrogens with zero attached hydrogens (tertiary/aromatic N) is 1. The second-order valence-corrected chi connectivity index (χ2v) is 5.67. The quantitative estimate of drug-likeness (QED) is 0.802. The van der Waals surface area contributed by atoms with Gasteiger partial charge in [0.15, 0.2) is 0 Å². The third kappa shape index (κ3) is 2.58. The van der Waals surface area contributed by atoms with Crippen molar-refractivity contribution in [1.82, 2.24) is 9.88 Å². The molecule has 0 saturated carbocycles. The minimum Gasteiger partial charge on any atom is -0.378 e. The van der Waals surface area contributed by atoms with Gasteiger partial charge in [-0.05, 0) is 31.4 Å². The molecule has 4 nitrogen and oxygen atoms in total. The monoisotopic (exact) mass is 278 g/mol. The van der Waals surface area contributed by atoms with Gasteiger partial charge in [-0.1, -0.05) is 12.2 Å². The highest BCUT2D eigenvalue weighted by molar-refractivity contribution is 7.71. The lowest BCUT2D eigenvalue weighted by Gasteiger charge is -2.41. The SMILES string of the molecule is O=C(c1ccc[nH]c1=S)N1CC[C@H]2OCCC[C@H]2C1. The number of fused-ring (bicyclic) bond motifs is 1. The predicted molar refractivity (Wildman–Crippen MR) is 74.6 cm³/mol. The van der Waals surface area contributed by atoms with Crippen LogP contribution in [0.5, 0.6) is 0 Å². The summed E-state index contributed by atoms with van der Waals surface area (Å²) in [5.41, 5.74) is 0.604. The summed E-state index contributed by atoms with van der Waals surface area (Å²) in [5.74, 6) is 0.540. The van der Waals surface area contributed by atoms with Crippen LogP contribution in [0.25, 0.3) is 0 Å². The molecule has 102 valence electrons. The normalized spacial score (nSPS) is 26.8. The van der Waals surface area contributed by atoms with E-state index in [9.17, 15) is 4.79 Å². The Morgan fingerprint density at radius 2 is 2.37 bits per heavy atom. The Labute approximate surface area is 117 Å². The third-order valence-electron chi connectivity index (χ3n) is 4.05. The molecule has 0 radical (unpaired) electrons. The zero-order valence-corrected chi connectivity index (χ0v) is 11.6. The first-order valence-electron chi connectivity index (χ1n) is 6.84. The van der Waals surface area contributed by atoms with Crippen LogP contribution >= 0.6 is 12.2 Å². The van der Waals surface area contributed by atoms with Crippen LogP contribution in [0, 0.1) is 10.6 Å². The van der Waals surface area contributed by atoms with Crippen molar-refractivity contribution in [3.05, 3.63) is 28.5 Å². The van der Waals surface area contributed by atoms with E-state index in [-0.39, 0.29) is 5.91 Å². The van der Waals surface area contributed by atoms with Crippen LogP contribution in [0.4, 0.5) is 0 Å². The number of ether oxygens (including phenoxy) is 1. The molecule has 1 N–H and O–H groups in total. The van der Waals surface area contributed by atoms with Crippen molar-refractivity contribution in [2.45, 2.75) is 25.4 Å². The predicted octanol–water partition coefficient (Wildman–Crippen LogP) is 2.39. The van der Waals surface area contributed by atoms with Crippen LogP contribution < -0.4 is 0 Å². The van der Waals surface area contributed by atoms with Gasteiger partial charge in [-0.3, -0.25) is 4.79 Å². The summed E-state index contributed by atoms with van der Waals surface area (Å²) in [4.78, 5) is 17.3. The third-order valence-corrected chi connectivity index (χ3v) is 4.39. The minimum atomic E-state index is 0.0471. The maximum atomic E-state index is 12.5. The van der Waals surface area contributed by atoms with Gasteiger partial charge in [0, 0.05) is 31.8 Å². The summed E-state index contributed by atoms with van der Waals surface area (Å²) < 4.78 is 6.30. The van der Waals surface area contributed by atoms with Gasteiger partial charge in [-0.25, -0.2) is 0 Å². The summed E-state index contributed by atoms with van der Waals surface area (Å²) in [6.07, 6.45) is 5.31. The lowest BCUT2D eigenvalue weighted by atomic mass is 9.88. The highest BCUT2D eigenvalue weighted by atomic mass is 32.1. The van der Waals surface area contributed by atoms with Crippen molar-refractivity contribution in [3.8, 4) is 0 Å². The molecule has 1 aromatic heterocycles. The van der Waals surface area contributed by atoms with Gasteiger partial charge < -0.3 is 14.6 Å². The van der Waals surface area contributed by atoms with Gasteiger partial charge in [0.2, 0.25) is 0 Å². The molecular formula is C14H18N2O2S. The first-order valence-corrected chi connectivity index (χ1v) is 7.25. The average molecular weight is 278 g/mol. The molecule has 3 rings (SSSR count). The molecule has 3 heterocycles. The van der Waals surface area contributed by atoms with Crippen molar-refractivity contribution in [1.29, 1.82) is 0 Å². The van der Waals surface area contributed by atoms with Crippen LogP contribution in [0.1, 0.15) is 29.6 Å². The molecule has 0 aliphatic carbocycles. The van der Waals surface area contributed by atoms with E-state index in [1.165, 1.54) is 0 Å². The fourth-order valence-corrected chi connectivity index (χ4v) is 3.26. The van der Waals surface area contributed by atoms with Crippen LogP contribution in [-0.4, -0.2) is 41.6 Å².